The average Bonchev–Trinajstić information content (AvgIpc) is 2.59. The maximum atomic E-state index is 11.1. The van der Waals surface area contributed by atoms with Crippen molar-refractivity contribution in [2.24, 2.45) is 0 Å². The lowest BCUT2D eigenvalue weighted by molar-refractivity contribution is -0.384. The van der Waals surface area contributed by atoms with E-state index >= 15 is 0 Å². The number of ether oxygens (including phenoxy) is 1. The highest BCUT2D eigenvalue weighted by Crippen LogP contribution is 2.31. The Bertz CT molecular complexity index is 917. The van der Waals surface area contributed by atoms with E-state index < -0.39 is 4.92 Å². The molecule has 0 fully saturated rings. The number of anilines is 1. The van der Waals surface area contributed by atoms with Crippen molar-refractivity contribution >= 4 is 34.0 Å². The van der Waals surface area contributed by atoms with Gasteiger partial charge in [0.2, 0.25) is 0 Å². The summed E-state index contributed by atoms with van der Waals surface area (Å²) in [4.78, 5) is 18.8. The smallest absolute Gasteiger partial charge is 0.288 e. The number of aromatic nitrogens is 2. The summed E-state index contributed by atoms with van der Waals surface area (Å²) in [5, 5.41) is 14.8. The quantitative estimate of drug-likeness (QED) is 0.559. The molecule has 1 aromatic heterocycles. The Hall–Kier alpha value is -2.93. The van der Waals surface area contributed by atoms with Crippen molar-refractivity contribution in [2.75, 3.05) is 12.4 Å². The van der Waals surface area contributed by atoms with Crippen LogP contribution in [0.3, 0.4) is 0 Å². The molecule has 0 bridgehead atoms. The lowest BCUT2D eigenvalue weighted by Crippen LogP contribution is -2.03. The molecule has 0 saturated carbocycles. The van der Waals surface area contributed by atoms with E-state index in [1.165, 1.54) is 18.5 Å². The number of methoxy groups -OCH3 is 1. The van der Waals surface area contributed by atoms with Crippen LogP contribution in [-0.2, 0) is 6.54 Å². The van der Waals surface area contributed by atoms with Crippen molar-refractivity contribution < 1.29 is 9.66 Å². The van der Waals surface area contributed by atoms with Crippen molar-refractivity contribution in [1.29, 1.82) is 0 Å². The molecule has 0 saturated heterocycles. The minimum atomic E-state index is -0.527. The van der Waals surface area contributed by atoms with E-state index in [0.717, 1.165) is 11.3 Å². The van der Waals surface area contributed by atoms with Crippen molar-refractivity contribution in [3.8, 4) is 5.75 Å². The van der Waals surface area contributed by atoms with Gasteiger partial charge in [0.1, 0.15) is 22.9 Å². The standard InChI is InChI=1S/C16H13ClN4O3/c1-24-11-4-2-3-10(5-11)8-18-16-12-6-15(21(22)23)13(17)7-14(12)19-9-20-16/h2-7,9H,8H2,1H3,(H,18,19,20). The van der Waals surface area contributed by atoms with E-state index in [1.807, 2.05) is 24.3 Å². The van der Waals surface area contributed by atoms with Crippen molar-refractivity contribution in [3.05, 3.63) is 63.4 Å². The lowest BCUT2D eigenvalue weighted by Gasteiger charge is -2.09. The molecule has 0 amide bonds. The second-order valence-corrected chi connectivity index (χ2v) is 5.41. The van der Waals surface area contributed by atoms with Gasteiger partial charge < -0.3 is 10.1 Å². The zero-order valence-corrected chi connectivity index (χ0v) is 13.4. The minimum absolute atomic E-state index is 0.0462. The first-order chi connectivity index (χ1) is 11.6. The van der Waals surface area contributed by atoms with Crippen molar-refractivity contribution in [1.82, 2.24) is 9.97 Å². The second-order valence-electron chi connectivity index (χ2n) is 5.01. The molecule has 0 aliphatic heterocycles. The topological polar surface area (TPSA) is 90.2 Å². The van der Waals surface area contributed by atoms with Crippen LogP contribution in [0.25, 0.3) is 10.9 Å². The summed E-state index contributed by atoms with van der Waals surface area (Å²) in [5.74, 6) is 1.26. The number of benzene rings is 2. The molecule has 3 aromatic rings. The summed E-state index contributed by atoms with van der Waals surface area (Å²) in [5.41, 5.74) is 1.35. The third-order valence-electron chi connectivity index (χ3n) is 3.49. The fraction of sp³-hybridized carbons (Fsp3) is 0.125. The van der Waals surface area contributed by atoms with Crippen LogP contribution >= 0.6 is 11.6 Å². The van der Waals surface area contributed by atoms with Gasteiger partial charge in [-0.15, -0.1) is 0 Å². The third kappa shape index (κ3) is 3.21. The average molecular weight is 345 g/mol. The Balaban J connectivity index is 1.94. The van der Waals surface area contributed by atoms with Crippen LogP contribution in [0, 0.1) is 10.1 Å². The van der Waals surface area contributed by atoms with Crippen LogP contribution in [0.4, 0.5) is 11.5 Å². The molecule has 2 aromatic carbocycles. The number of nitro groups is 1. The van der Waals surface area contributed by atoms with Gasteiger partial charge in [-0.1, -0.05) is 23.7 Å². The molecule has 0 unspecified atom stereocenters. The summed E-state index contributed by atoms with van der Waals surface area (Å²) in [6.07, 6.45) is 1.39. The summed E-state index contributed by atoms with van der Waals surface area (Å²) in [6, 6.07) is 10.4. The number of rotatable bonds is 5. The van der Waals surface area contributed by atoms with Crippen LogP contribution in [0.5, 0.6) is 5.75 Å². The number of nitro benzene ring substituents is 1. The zero-order chi connectivity index (χ0) is 17.1. The Morgan fingerprint density at radius 3 is 2.88 bits per heavy atom. The first-order valence-corrected chi connectivity index (χ1v) is 7.41. The monoisotopic (exact) mass is 344 g/mol. The molecule has 0 radical (unpaired) electrons. The lowest BCUT2D eigenvalue weighted by atomic mass is 10.2. The van der Waals surface area contributed by atoms with E-state index in [0.29, 0.717) is 23.3 Å². The van der Waals surface area contributed by atoms with Crippen LogP contribution in [0.1, 0.15) is 5.56 Å². The third-order valence-corrected chi connectivity index (χ3v) is 3.80. The fourth-order valence-corrected chi connectivity index (χ4v) is 2.54. The van der Waals surface area contributed by atoms with Gasteiger partial charge in [-0.2, -0.15) is 0 Å². The van der Waals surface area contributed by atoms with Crippen LogP contribution < -0.4 is 10.1 Å². The molecule has 0 aliphatic rings. The number of nitrogens with zero attached hydrogens (tertiary/aromatic N) is 3. The summed E-state index contributed by atoms with van der Waals surface area (Å²) >= 11 is 5.92. The Morgan fingerprint density at radius 1 is 1.29 bits per heavy atom. The fourth-order valence-electron chi connectivity index (χ4n) is 2.32. The van der Waals surface area contributed by atoms with E-state index in [2.05, 4.69) is 15.3 Å². The number of halogens is 1. The molecule has 0 atom stereocenters. The highest BCUT2D eigenvalue weighted by molar-refractivity contribution is 6.33. The molecule has 122 valence electrons. The molecule has 24 heavy (non-hydrogen) atoms. The van der Waals surface area contributed by atoms with Gasteiger partial charge in [-0.25, -0.2) is 9.97 Å². The molecule has 0 aliphatic carbocycles. The summed E-state index contributed by atoms with van der Waals surface area (Å²) in [6.45, 7) is 0.486. The molecule has 0 spiro atoms. The van der Waals surface area contributed by atoms with Gasteiger partial charge in [0.05, 0.1) is 17.5 Å². The van der Waals surface area contributed by atoms with Gasteiger partial charge in [-0.3, -0.25) is 10.1 Å². The summed E-state index contributed by atoms with van der Waals surface area (Å²) in [7, 11) is 1.60. The van der Waals surface area contributed by atoms with E-state index in [-0.39, 0.29) is 10.7 Å². The van der Waals surface area contributed by atoms with E-state index in [1.54, 1.807) is 7.11 Å². The Labute approximate surface area is 142 Å². The Kier molecular flexibility index (Phi) is 4.43. The van der Waals surface area contributed by atoms with Gasteiger partial charge in [0.25, 0.3) is 5.69 Å². The number of hydrogen-bond donors (Lipinski definition) is 1. The zero-order valence-electron chi connectivity index (χ0n) is 12.7. The van der Waals surface area contributed by atoms with Gasteiger partial charge in [0.15, 0.2) is 0 Å². The predicted molar refractivity (Wildman–Crippen MR) is 91.5 cm³/mol. The van der Waals surface area contributed by atoms with Gasteiger partial charge >= 0.3 is 0 Å². The molecular formula is C16H13ClN4O3. The molecule has 8 heteroatoms. The Morgan fingerprint density at radius 2 is 2.12 bits per heavy atom. The maximum absolute atomic E-state index is 11.1. The first-order valence-electron chi connectivity index (χ1n) is 7.04. The highest BCUT2D eigenvalue weighted by atomic mass is 35.5. The number of nitrogens with one attached hydrogen (secondary N) is 1. The molecule has 3 rings (SSSR count). The van der Waals surface area contributed by atoms with Crippen molar-refractivity contribution in [2.45, 2.75) is 6.54 Å². The first kappa shape index (κ1) is 15.9. The van der Waals surface area contributed by atoms with Crippen molar-refractivity contribution in [3.63, 3.8) is 0 Å². The predicted octanol–water partition coefficient (Wildman–Crippen LogP) is 3.81. The number of fused-ring (bicyclic) bond motifs is 1. The number of hydrogen-bond acceptors (Lipinski definition) is 6. The van der Waals surface area contributed by atoms with E-state index in [4.69, 9.17) is 16.3 Å². The molecular weight excluding hydrogens is 332 g/mol. The SMILES string of the molecule is COc1cccc(CNc2ncnc3cc(Cl)c([N+](=O)[O-])cc23)c1. The maximum Gasteiger partial charge on any atom is 0.288 e. The minimum Gasteiger partial charge on any atom is -0.497 e. The van der Waals surface area contributed by atoms with Gasteiger partial charge in [0, 0.05) is 18.0 Å². The van der Waals surface area contributed by atoms with Gasteiger partial charge in [-0.05, 0) is 23.8 Å². The molecule has 1 N–H and O–H groups in total. The molecule has 7 nitrogen and oxygen atoms in total. The van der Waals surface area contributed by atoms with Crippen LogP contribution in [0.15, 0.2) is 42.7 Å². The molecule has 1 heterocycles. The van der Waals surface area contributed by atoms with Crippen LogP contribution in [0.2, 0.25) is 5.02 Å². The largest absolute Gasteiger partial charge is 0.497 e. The highest BCUT2D eigenvalue weighted by Gasteiger charge is 2.16. The second kappa shape index (κ2) is 6.67. The summed E-state index contributed by atoms with van der Waals surface area (Å²) < 4.78 is 5.19. The van der Waals surface area contributed by atoms with Crippen LogP contribution in [-0.4, -0.2) is 22.0 Å². The van der Waals surface area contributed by atoms with E-state index in [9.17, 15) is 10.1 Å². The normalized spacial score (nSPS) is 10.6.